The molecule has 2 atom stereocenters. The summed E-state index contributed by atoms with van der Waals surface area (Å²) in [6.07, 6.45) is 7.15. The van der Waals surface area contributed by atoms with Gasteiger partial charge in [0.25, 0.3) is 0 Å². The van der Waals surface area contributed by atoms with E-state index < -0.39 is 0 Å². The minimum atomic E-state index is -0.292. The smallest absolute Gasteiger partial charge is 0.327 e. The lowest BCUT2D eigenvalue weighted by atomic mass is 10.1. The summed E-state index contributed by atoms with van der Waals surface area (Å²) in [4.78, 5) is 25.5. The lowest BCUT2D eigenvalue weighted by Gasteiger charge is -2.21. The second kappa shape index (κ2) is 8.58. The highest BCUT2D eigenvalue weighted by Crippen LogP contribution is 2.37. The first kappa shape index (κ1) is 19.3. The van der Waals surface area contributed by atoms with Crippen molar-refractivity contribution in [3.05, 3.63) is 53.6 Å². The molecule has 2 aromatic rings. The van der Waals surface area contributed by atoms with Crippen LogP contribution in [0.3, 0.4) is 0 Å². The van der Waals surface area contributed by atoms with Crippen molar-refractivity contribution in [2.75, 3.05) is 25.2 Å². The molecular weight excluding hydrogens is 371 g/mol. The van der Waals surface area contributed by atoms with E-state index in [1.54, 1.807) is 36.5 Å². The summed E-state index contributed by atoms with van der Waals surface area (Å²) >= 11 is 0. The van der Waals surface area contributed by atoms with E-state index in [9.17, 15) is 9.18 Å². The minimum Gasteiger partial charge on any atom is -0.385 e. The SMILES string of the molecule is COCCCN1C(=O)N(c2ncc(C#Cc3ccc(F)cc3)cn2)[C@@H]2CCC[C@@H]21. The molecule has 29 heavy (non-hydrogen) atoms. The van der Waals surface area contributed by atoms with E-state index in [2.05, 4.69) is 21.8 Å². The fourth-order valence-electron chi connectivity index (χ4n) is 4.07. The van der Waals surface area contributed by atoms with Crippen molar-refractivity contribution in [3.8, 4) is 11.8 Å². The maximum atomic E-state index is 13.0. The summed E-state index contributed by atoms with van der Waals surface area (Å²) < 4.78 is 18.1. The number of nitrogens with zero attached hydrogens (tertiary/aromatic N) is 4. The summed E-state index contributed by atoms with van der Waals surface area (Å²) in [5.74, 6) is 6.07. The van der Waals surface area contributed by atoms with E-state index in [1.807, 2.05) is 4.90 Å². The Morgan fingerprint density at radius 1 is 1.10 bits per heavy atom. The van der Waals surface area contributed by atoms with Crippen LogP contribution in [0, 0.1) is 17.7 Å². The molecule has 4 rings (SSSR count). The van der Waals surface area contributed by atoms with E-state index >= 15 is 0 Å². The minimum absolute atomic E-state index is 0.0269. The summed E-state index contributed by atoms with van der Waals surface area (Å²) in [6, 6.07) is 6.32. The van der Waals surface area contributed by atoms with E-state index in [0.717, 1.165) is 25.7 Å². The molecule has 0 radical (unpaired) electrons. The molecule has 1 aromatic heterocycles. The number of carbonyl (C=O) groups excluding carboxylic acids is 1. The first-order valence-electron chi connectivity index (χ1n) is 9.86. The third-order valence-corrected chi connectivity index (χ3v) is 5.42. The van der Waals surface area contributed by atoms with Gasteiger partial charge in [-0.15, -0.1) is 0 Å². The quantitative estimate of drug-likeness (QED) is 0.577. The van der Waals surface area contributed by atoms with Gasteiger partial charge in [0.15, 0.2) is 0 Å². The van der Waals surface area contributed by atoms with Crippen LogP contribution in [-0.2, 0) is 4.74 Å². The molecule has 0 N–H and O–H groups in total. The number of hydrogen-bond acceptors (Lipinski definition) is 4. The predicted octanol–water partition coefficient (Wildman–Crippen LogP) is 3.22. The third-order valence-electron chi connectivity index (χ3n) is 5.42. The van der Waals surface area contributed by atoms with E-state index in [1.165, 1.54) is 12.1 Å². The zero-order valence-corrected chi connectivity index (χ0v) is 16.3. The molecule has 0 bridgehead atoms. The Balaban J connectivity index is 1.49. The Hall–Kier alpha value is -2.98. The monoisotopic (exact) mass is 394 g/mol. The summed E-state index contributed by atoms with van der Waals surface area (Å²) in [5, 5.41) is 0. The number of anilines is 1. The van der Waals surface area contributed by atoms with Crippen molar-refractivity contribution in [1.82, 2.24) is 14.9 Å². The highest BCUT2D eigenvalue weighted by atomic mass is 19.1. The fourth-order valence-corrected chi connectivity index (χ4v) is 4.07. The molecule has 1 aromatic carbocycles. The van der Waals surface area contributed by atoms with Crippen LogP contribution in [0.5, 0.6) is 0 Å². The molecule has 7 heteroatoms. The zero-order valence-electron chi connectivity index (χ0n) is 16.3. The molecule has 2 fully saturated rings. The number of aromatic nitrogens is 2. The molecule has 6 nitrogen and oxygen atoms in total. The maximum Gasteiger partial charge on any atom is 0.327 e. The molecule has 1 saturated heterocycles. The number of carbonyl (C=O) groups is 1. The maximum absolute atomic E-state index is 13.0. The molecule has 1 saturated carbocycles. The van der Waals surface area contributed by atoms with Crippen LogP contribution in [0.4, 0.5) is 15.1 Å². The number of halogens is 1. The average molecular weight is 394 g/mol. The van der Waals surface area contributed by atoms with E-state index in [-0.39, 0.29) is 23.9 Å². The van der Waals surface area contributed by atoms with Gasteiger partial charge >= 0.3 is 6.03 Å². The number of methoxy groups -OCH3 is 1. The number of amides is 2. The van der Waals surface area contributed by atoms with Crippen molar-refractivity contribution in [2.45, 2.75) is 37.8 Å². The van der Waals surface area contributed by atoms with Crippen molar-refractivity contribution < 1.29 is 13.9 Å². The number of rotatable bonds is 5. The van der Waals surface area contributed by atoms with Crippen LogP contribution in [-0.4, -0.2) is 53.2 Å². The Morgan fingerprint density at radius 3 is 2.52 bits per heavy atom. The summed E-state index contributed by atoms with van der Waals surface area (Å²) in [5.41, 5.74) is 1.36. The van der Waals surface area contributed by atoms with Crippen molar-refractivity contribution in [2.24, 2.45) is 0 Å². The van der Waals surface area contributed by atoms with Gasteiger partial charge in [0.05, 0.1) is 17.6 Å². The van der Waals surface area contributed by atoms with Crippen LogP contribution in [0.15, 0.2) is 36.7 Å². The normalized spacial score (nSPS) is 20.6. The molecule has 2 amide bonds. The largest absolute Gasteiger partial charge is 0.385 e. The van der Waals surface area contributed by atoms with Crippen LogP contribution >= 0.6 is 0 Å². The molecule has 1 aliphatic carbocycles. The van der Waals surface area contributed by atoms with Crippen molar-refractivity contribution >= 4 is 12.0 Å². The van der Waals surface area contributed by atoms with Crippen LogP contribution in [0.2, 0.25) is 0 Å². The number of urea groups is 1. The lowest BCUT2D eigenvalue weighted by molar-refractivity contribution is 0.167. The third kappa shape index (κ3) is 4.08. The predicted molar refractivity (Wildman–Crippen MR) is 107 cm³/mol. The molecule has 0 spiro atoms. The Labute approximate surface area is 169 Å². The van der Waals surface area contributed by atoms with Gasteiger partial charge in [0.1, 0.15) is 5.82 Å². The topological polar surface area (TPSA) is 58.6 Å². The Bertz CT molecular complexity index is 921. The zero-order chi connectivity index (χ0) is 20.2. The number of ether oxygens (including phenoxy) is 1. The second-order valence-electron chi connectivity index (χ2n) is 7.29. The first-order valence-corrected chi connectivity index (χ1v) is 9.86. The number of hydrogen-bond donors (Lipinski definition) is 0. The molecule has 0 unspecified atom stereocenters. The Kier molecular flexibility index (Phi) is 5.72. The van der Waals surface area contributed by atoms with Crippen LogP contribution in [0.1, 0.15) is 36.8 Å². The van der Waals surface area contributed by atoms with Gasteiger partial charge in [-0.2, -0.15) is 0 Å². The van der Waals surface area contributed by atoms with Gasteiger partial charge < -0.3 is 9.64 Å². The highest BCUT2D eigenvalue weighted by molar-refractivity contribution is 5.94. The first-order chi connectivity index (χ1) is 14.2. The van der Waals surface area contributed by atoms with Crippen molar-refractivity contribution in [1.29, 1.82) is 0 Å². The summed E-state index contributed by atoms with van der Waals surface area (Å²) in [6.45, 7) is 1.32. The highest BCUT2D eigenvalue weighted by Gasteiger charge is 2.49. The second-order valence-corrected chi connectivity index (χ2v) is 7.29. The van der Waals surface area contributed by atoms with E-state index in [0.29, 0.717) is 30.2 Å². The molecule has 1 aliphatic heterocycles. The van der Waals surface area contributed by atoms with E-state index in [4.69, 9.17) is 4.74 Å². The standard InChI is InChI=1S/C22H23FN4O2/c1-29-13-3-12-26-19-4-2-5-20(19)27(22(26)28)21-24-14-17(15-25-21)7-6-16-8-10-18(23)11-9-16/h8-11,14-15,19-20H,2-5,12-13H2,1H3/t19-,20+/m0/s1. The van der Waals surface area contributed by atoms with Crippen molar-refractivity contribution in [3.63, 3.8) is 0 Å². The number of fused-ring (bicyclic) bond motifs is 1. The van der Waals surface area contributed by atoms with Crippen LogP contribution in [0.25, 0.3) is 0 Å². The fraction of sp³-hybridized carbons (Fsp3) is 0.409. The Morgan fingerprint density at radius 2 is 1.79 bits per heavy atom. The van der Waals surface area contributed by atoms with Crippen LogP contribution < -0.4 is 4.90 Å². The number of benzene rings is 1. The van der Waals surface area contributed by atoms with Gasteiger partial charge in [-0.05, 0) is 49.9 Å². The van der Waals surface area contributed by atoms with Gasteiger partial charge in [0.2, 0.25) is 5.95 Å². The molecule has 150 valence electrons. The average Bonchev–Trinajstić information content (AvgIpc) is 3.30. The van der Waals surface area contributed by atoms with Gasteiger partial charge in [-0.3, -0.25) is 4.90 Å². The molecule has 2 aliphatic rings. The molecule has 2 heterocycles. The lowest BCUT2D eigenvalue weighted by Crippen LogP contribution is -2.37. The molecular formula is C22H23FN4O2. The van der Waals surface area contributed by atoms with Gasteiger partial charge in [0, 0.05) is 38.2 Å². The van der Waals surface area contributed by atoms with Gasteiger partial charge in [-0.1, -0.05) is 11.8 Å². The van der Waals surface area contributed by atoms with Gasteiger partial charge in [-0.25, -0.2) is 19.2 Å². The summed E-state index contributed by atoms with van der Waals surface area (Å²) in [7, 11) is 1.67.